The summed E-state index contributed by atoms with van der Waals surface area (Å²) in [6.07, 6.45) is 0. The molecule has 0 spiro atoms. The molecule has 7 aromatic carbocycles. The summed E-state index contributed by atoms with van der Waals surface area (Å²) in [7, 11) is 0. The molecule has 0 aliphatic carbocycles. The second-order valence-corrected chi connectivity index (χ2v) is 12.1. The van der Waals surface area contributed by atoms with Gasteiger partial charge in [0.1, 0.15) is 11.2 Å². The van der Waals surface area contributed by atoms with Gasteiger partial charge in [-0.15, -0.1) is 0 Å². The van der Waals surface area contributed by atoms with Crippen LogP contribution in [-0.2, 0) is 0 Å². The van der Waals surface area contributed by atoms with Crippen LogP contribution in [0.15, 0.2) is 180 Å². The van der Waals surface area contributed by atoms with Gasteiger partial charge in [0.2, 0.25) is 0 Å². The molecule has 0 amide bonds. The van der Waals surface area contributed by atoms with Crippen molar-refractivity contribution in [2.24, 2.45) is 0 Å². The third kappa shape index (κ3) is 5.45. The largest absolute Gasteiger partial charge is 0.456 e. The Labute approximate surface area is 284 Å². The van der Waals surface area contributed by atoms with E-state index in [1.165, 1.54) is 0 Å². The smallest absolute Gasteiger partial charge is 0.164 e. The molecule has 9 rings (SSSR count). The zero-order chi connectivity index (χ0) is 32.6. The van der Waals surface area contributed by atoms with Gasteiger partial charge < -0.3 is 4.42 Å². The number of furan rings is 1. The Morgan fingerprint density at radius 3 is 1.49 bits per heavy atom. The minimum absolute atomic E-state index is 0.615. The van der Waals surface area contributed by atoms with E-state index in [1.807, 2.05) is 36.4 Å². The standard InChI is InChI=1S/C45H29N3O/c1-3-13-30(14-4-1)32-17-11-19-35(27-32)43-46-44(48-45(47-43)39-23-8-7-21-37(39)31-15-5-2-6-16-31)36-20-12-18-33(28-36)34-25-26-42-40(29-34)38-22-9-10-24-41(38)49-42/h1-29H. The van der Waals surface area contributed by atoms with E-state index in [-0.39, 0.29) is 0 Å². The van der Waals surface area contributed by atoms with Crippen LogP contribution in [0.25, 0.3) is 89.5 Å². The lowest BCUT2D eigenvalue weighted by molar-refractivity contribution is 0.669. The van der Waals surface area contributed by atoms with Crippen LogP contribution in [0.1, 0.15) is 0 Å². The van der Waals surface area contributed by atoms with Crippen LogP contribution in [0.3, 0.4) is 0 Å². The monoisotopic (exact) mass is 627 g/mol. The lowest BCUT2D eigenvalue weighted by atomic mass is 9.98. The fourth-order valence-corrected chi connectivity index (χ4v) is 6.51. The summed E-state index contributed by atoms with van der Waals surface area (Å²) < 4.78 is 6.10. The van der Waals surface area contributed by atoms with E-state index in [0.717, 1.165) is 72.0 Å². The lowest BCUT2D eigenvalue weighted by Crippen LogP contribution is -2.01. The highest BCUT2D eigenvalue weighted by atomic mass is 16.3. The maximum absolute atomic E-state index is 6.10. The SMILES string of the molecule is c1ccc(-c2cccc(-c3nc(-c4cccc(-c5ccc6oc7ccccc7c6c5)c4)nc(-c4ccccc4-c4ccccc4)n3)c2)cc1. The topological polar surface area (TPSA) is 51.8 Å². The summed E-state index contributed by atoms with van der Waals surface area (Å²) in [4.78, 5) is 15.4. The van der Waals surface area contributed by atoms with Crippen molar-refractivity contribution in [1.29, 1.82) is 0 Å². The van der Waals surface area contributed by atoms with Crippen molar-refractivity contribution in [2.45, 2.75) is 0 Å². The molecule has 2 aromatic heterocycles. The molecule has 0 aliphatic rings. The van der Waals surface area contributed by atoms with E-state index in [1.54, 1.807) is 0 Å². The summed E-state index contributed by atoms with van der Waals surface area (Å²) in [6.45, 7) is 0. The Morgan fingerprint density at radius 1 is 0.286 bits per heavy atom. The van der Waals surface area contributed by atoms with E-state index in [0.29, 0.717) is 17.5 Å². The average Bonchev–Trinajstić information content (AvgIpc) is 3.56. The number of hydrogen-bond acceptors (Lipinski definition) is 4. The molecule has 4 nitrogen and oxygen atoms in total. The highest BCUT2D eigenvalue weighted by molar-refractivity contribution is 6.06. The molecule has 0 N–H and O–H groups in total. The summed E-state index contributed by atoms with van der Waals surface area (Å²) in [5.41, 5.74) is 11.2. The maximum atomic E-state index is 6.10. The first kappa shape index (κ1) is 28.6. The van der Waals surface area contributed by atoms with Crippen LogP contribution in [0.4, 0.5) is 0 Å². The minimum atomic E-state index is 0.615. The van der Waals surface area contributed by atoms with Gasteiger partial charge in [-0.05, 0) is 63.7 Å². The fourth-order valence-electron chi connectivity index (χ4n) is 6.51. The van der Waals surface area contributed by atoms with Crippen LogP contribution in [-0.4, -0.2) is 15.0 Å². The molecule has 4 heteroatoms. The lowest BCUT2D eigenvalue weighted by Gasteiger charge is -2.13. The molecular weight excluding hydrogens is 599 g/mol. The Kier molecular flexibility index (Phi) is 7.10. The van der Waals surface area contributed by atoms with Crippen molar-refractivity contribution in [2.75, 3.05) is 0 Å². The highest BCUT2D eigenvalue weighted by Gasteiger charge is 2.17. The van der Waals surface area contributed by atoms with Crippen molar-refractivity contribution < 1.29 is 4.42 Å². The molecule has 0 atom stereocenters. The van der Waals surface area contributed by atoms with Crippen molar-refractivity contribution in [3.8, 4) is 67.5 Å². The predicted octanol–water partition coefficient (Wildman–Crippen LogP) is 11.8. The summed E-state index contributed by atoms with van der Waals surface area (Å²) in [5.74, 6) is 1.86. The van der Waals surface area contributed by atoms with E-state index < -0.39 is 0 Å². The molecule has 0 unspecified atom stereocenters. The predicted molar refractivity (Wildman–Crippen MR) is 200 cm³/mol. The van der Waals surface area contributed by atoms with Crippen molar-refractivity contribution >= 4 is 21.9 Å². The molecule has 0 aliphatic heterocycles. The van der Waals surface area contributed by atoms with Crippen molar-refractivity contribution in [3.05, 3.63) is 176 Å². The Morgan fingerprint density at radius 2 is 0.776 bits per heavy atom. The van der Waals surface area contributed by atoms with Crippen molar-refractivity contribution in [3.63, 3.8) is 0 Å². The number of nitrogens with zero attached hydrogens (tertiary/aromatic N) is 3. The zero-order valence-corrected chi connectivity index (χ0v) is 26.5. The van der Waals surface area contributed by atoms with Crippen LogP contribution in [0, 0.1) is 0 Å². The molecule has 0 bridgehead atoms. The number of para-hydroxylation sites is 1. The van der Waals surface area contributed by atoms with Crippen LogP contribution >= 0.6 is 0 Å². The normalized spacial score (nSPS) is 11.3. The van der Waals surface area contributed by atoms with Crippen LogP contribution < -0.4 is 0 Å². The molecule has 0 saturated carbocycles. The molecule has 0 fully saturated rings. The summed E-state index contributed by atoms with van der Waals surface area (Å²) >= 11 is 0. The van der Waals surface area contributed by atoms with Gasteiger partial charge in [-0.25, -0.2) is 15.0 Å². The molecular formula is C45H29N3O. The van der Waals surface area contributed by atoms with Gasteiger partial charge in [0, 0.05) is 27.5 Å². The fraction of sp³-hybridized carbons (Fsp3) is 0. The quantitative estimate of drug-likeness (QED) is 0.184. The Hall–Kier alpha value is -6.65. The first-order valence-corrected chi connectivity index (χ1v) is 16.4. The van der Waals surface area contributed by atoms with Gasteiger partial charge in [0.15, 0.2) is 17.5 Å². The van der Waals surface area contributed by atoms with Gasteiger partial charge in [-0.1, -0.05) is 146 Å². The molecule has 230 valence electrons. The van der Waals surface area contributed by atoms with E-state index in [4.69, 9.17) is 19.4 Å². The average molecular weight is 628 g/mol. The maximum Gasteiger partial charge on any atom is 0.164 e. The second kappa shape index (κ2) is 12.2. The second-order valence-electron chi connectivity index (χ2n) is 12.1. The molecule has 49 heavy (non-hydrogen) atoms. The molecule has 9 aromatic rings. The highest BCUT2D eigenvalue weighted by Crippen LogP contribution is 2.36. The van der Waals surface area contributed by atoms with E-state index in [2.05, 4.69) is 140 Å². The molecule has 0 saturated heterocycles. The molecule has 2 heterocycles. The zero-order valence-electron chi connectivity index (χ0n) is 26.5. The first-order chi connectivity index (χ1) is 24.3. The Bertz CT molecular complexity index is 2610. The van der Waals surface area contributed by atoms with Gasteiger partial charge in [0.25, 0.3) is 0 Å². The van der Waals surface area contributed by atoms with Gasteiger partial charge in [-0.3, -0.25) is 0 Å². The number of rotatable bonds is 6. The van der Waals surface area contributed by atoms with Crippen molar-refractivity contribution in [1.82, 2.24) is 15.0 Å². The number of benzene rings is 7. The summed E-state index contributed by atoms with van der Waals surface area (Å²) in [5, 5.41) is 2.20. The van der Waals surface area contributed by atoms with E-state index >= 15 is 0 Å². The number of fused-ring (bicyclic) bond motifs is 3. The van der Waals surface area contributed by atoms with E-state index in [9.17, 15) is 0 Å². The number of aromatic nitrogens is 3. The van der Waals surface area contributed by atoms with Gasteiger partial charge in [-0.2, -0.15) is 0 Å². The number of hydrogen-bond donors (Lipinski definition) is 0. The third-order valence-electron chi connectivity index (χ3n) is 8.95. The van der Waals surface area contributed by atoms with Gasteiger partial charge >= 0.3 is 0 Å². The summed E-state index contributed by atoms with van der Waals surface area (Å²) in [6, 6.07) is 60.5. The van der Waals surface area contributed by atoms with Crippen LogP contribution in [0.5, 0.6) is 0 Å². The minimum Gasteiger partial charge on any atom is -0.456 e. The third-order valence-corrected chi connectivity index (χ3v) is 8.95. The van der Waals surface area contributed by atoms with Crippen LogP contribution in [0.2, 0.25) is 0 Å². The molecule has 0 radical (unpaired) electrons. The van der Waals surface area contributed by atoms with Gasteiger partial charge in [0.05, 0.1) is 0 Å². The first-order valence-electron chi connectivity index (χ1n) is 16.4. The Balaban J connectivity index is 1.21.